The van der Waals surface area contributed by atoms with Crippen LogP contribution < -0.4 is 5.73 Å². The predicted octanol–water partition coefficient (Wildman–Crippen LogP) is 3.84. The van der Waals surface area contributed by atoms with Gasteiger partial charge in [-0.05, 0) is 37.5 Å². The minimum Gasteiger partial charge on any atom is -0.341 e. The van der Waals surface area contributed by atoms with E-state index >= 15 is 0 Å². The van der Waals surface area contributed by atoms with Gasteiger partial charge in [-0.2, -0.15) is 0 Å². The Kier molecular flexibility index (Phi) is 6.70. The third-order valence-corrected chi connectivity index (χ3v) is 4.86. The standard InChI is InChI=1S/C16H23BrN2O.ClH/c1-16(18,12-8-10-13(17)11-9-12)15(20)19(2)14-6-4-3-5-7-14;/h8-11,14H,3-7,18H2,1-2H3;1H. The second-order valence-electron chi connectivity index (χ2n) is 5.92. The van der Waals surface area contributed by atoms with E-state index in [4.69, 9.17) is 5.73 Å². The first kappa shape index (κ1) is 18.5. The lowest BCUT2D eigenvalue weighted by atomic mass is 9.89. The van der Waals surface area contributed by atoms with E-state index in [1.54, 1.807) is 6.92 Å². The van der Waals surface area contributed by atoms with E-state index in [0.717, 1.165) is 22.9 Å². The van der Waals surface area contributed by atoms with Crippen molar-refractivity contribution in [2.45, 2.75) is 50.6 Å². The Balaban J connectivity index is 0.00000220. The number of nitrogens with zero attached hydrogens (tertiary/aromatic N) is 1. The first-order valence-corrected chi connectivity index (χ1v) is 8.04. The fourth-order valence-corrected chi connectivity index (χ4v) is 3.18. The number of halogens is 2. The lowest BCUT2D eigenvalue weighted by molar-refractivity contribution is -0.138. The van der Waals surface area contributed by atoms with Gasteiger partial charge in [0.15, 0.2) is 0 Å². The van der Waals surface area contributed by atoms with Crippen molar-refractivity contribution in [1.82, 2.24) is 4.90 Å². The Bertz CT molecular complexity index is 470. The molecule has 0 saturated heterocycles. The minimum absolute atomic E-state index is 0. The van der Waals surface area contributed by atoms with E-state index in [1.807, 2.05) is 36.2 Å². The summed E-state index contributed by atoms with van der Waals surface area (Å²) in [5.74, 6) is 0.00622. The van der Waals surface area contributed by atoms with Crippen LogP contribution in [0, 0.1) is 0 Å². The number of hydrogen-bond donors (Lipinski definition) is 1. The second-order valence-corrected chi connectivity index (χ2v) is 6.83. The highest BCUT2D eigenvalue weighted by Crippen LogP contribution is 2.27. The normalized spacial score (nSPS) is 18.5. The highest BCUT2D eigenvalue weighted by atomic mass is 79.9. The van der Waals surface area contributed by atoms with Gasteiger partial charge in [-0.15, -0.1) is 12.4 Å². The highest BCUT2D eigenvalue weighted by Gasteiger charge is 2.35. The summed E-state index contributed by atoms with van der Waals surface area (Å²) in [6.45, 7) is 1.80. The van der Waals surface area contributed by atoms with Crippen molar-refractivity contribution >= 4 is 34.2 Å². The molecular weight excluding hydrogens is 352 g/mol. The number of carbonyl (C=O) groups excluding carboxylic acids is 1. The van der Waals surface area contributed by atoms with Gasteiger partial charge < -0.3 is 10.6 Å². The van der Waals surface area contributed by atoms with E-state index in [0.29, 0.717) is 6.04 Å². The summed E-state index contributed by atoms with van der Waals surface area (Å²) in [6, 6.07) is 8.02. The van der Waals surface area contributed by atoms with Crippen molar-refractivity contribution in [2.24, 2.45) is 5.73 Å². The van der Waals surface area contributed by atoms with Crippen LogP contribution >= 0.6 is 28.3 Å². The molecule has 1 aliphatic rings. The topological polar surface area (TPSA) is 46.3 Å². The molecule has 0 aromatic heterocycles. The van der Waals surface area contributed by atoms with Gasteiger partial charge in [0, 0.05) is 17.6 Å². The SMILES string of the molecule is CN(C(=O)C(C)(N)c1ccc(Br)cc1)C1CCCCC1.Cl. The summed E-state index contributed by atoms with van der Waals surface area (Å²) in [5.41, 5.74) is 6.22. The molecule has 1 saturated carbocycles. The molecule has 2 N–H and O–H groups in total. The lowest BCUT2D eigenvalue weighted by Gasteiger charge is -2.36. The molecule has 1 atom stereocenters. The Morgan fingerprint density at radius 1 is 1.24 bits per heavy atom. The van der Waals surface area contributed by atoms with Crippen LogP contribution in [0.25, 0.3) is 0 Å². The first-order valence-electron chi connectivity index (χ1n) is 7.25. The van der Waals surface area contributed by atoms with E-state index in [2.05, 4.69) is 15.9 Å². The largest absolute Gasteiger partial charge is 0.341 e. The Morgan fingerprint density at radius 3 is 2.29 bits per heavy atom. The Morgan fingerprint density at radius 2 is 1.76 bits per heavy atom. The predicted molar refractivity (Wildman–Crippen MR) is 92.6 cm³/mol. The van der Waals surface area contributed by atoms with Crippen LogP contribution in [0.5, 0.6) is 0 Å². The number of carbonyl (C=O) groups is 1. The van der Waals surface area contributed by atoms with E-state index in [-0.39, 0.29) is 18.3 Å². The molecule has 5 heteroatoms. The van der Waals surface area contributed by atoms with Crippen molar-refractivity contribution in [2.75, 3.05) is 7.05 Å². The van der Waals surface area contributed by atoms with Crippen LogP contribution in [0.1, 0.15) is 44.6 Å². The second kappa shape index (κ2) is 7.61. The zero-order valence-electron chi connectivity index (χ0n) is 12.6. The zero-order chi connectivity index (χ0) is 14.8. The van der Waals surface area contributed by atoms with Crippen LogP contribution in [0.3, 0.4) is 0 Å². The van der Waals surface area contributed by atoms with Crippen LogP contribution in [-0.4, -0.2) is 23.9 Å². The average molecular weight is 376 g/mol. The highest BCUT2D eigenvalue weighted by molar-refractivity contribution is 9.10. The Hall–Kier alpha value is -0.580. The Labute approximate surface area is 141 Å². The molecule has 1 aromatic rings. The van der Waals surface area contributed by atoms with Crippen LogP contribution in [0.2, 0.25) is 0 Å². The minimum atomic E-state index is -0.965. The van der Waals surface area contributed by atoms with Gasteiger partial charge in [-0.1, -0.05) is 47.3 Å². The molecule has 0 bridgehead atoms. The molecule has 21 heavy (non-hydrogen) atoms. The average Bonchev–Trinajstić information content (AvgIpc) is 2.47. The van der Waals surface area contributed by atoms with Gasteiger partial charge in [0.2, 0.25) is 5.91 Å². The molecule has 1 aromatic carbocycles. The molecule has 3 nitrogen and oxygen atoms in total. The maximum absolute atomic E-state index is 12.7. The number of likely N-dealkylation sites (N-methyl/N-ethyl adjacent to an activating group) is 1. The summed E-state index contributed by atoms with van der Waals surface area (Å²) in [5, 5.41) is 0. The van der Waals surface area contributed by atoms with Crippen molar-refractivity contribution in [3.63, 3.8) is 0 Å². The quantitative estimate of drug-likeness (QED) is 0.872. The van der Waals surface area contributed by atoms with E-state index < -0.39 is 5.54 Å². The molecule has 118 valence electrons. The summed E-state index contributed by atoms with van der Waals surface area (Å²) in [7, 11) is 1.89. The maximum Gasteiger partial charge on any atom is 0.246 e. The first-order chi connectivity index (χ1) is 9.43. The third kappa shape index (κ3) is 4.21. The van der Waals surface area contributed by atoms with Crippen molar-refractivity contribution in [3.8, 4) is 0 Å². The molecule has 1 fully saturated rings. The third-order valence-electron chi connectivity index (χ3n) is 4.33. The van der Waals surface area contributed by atoms with Gasteiger partial charge in [0.25, 0.3) is 0 Å². The molecule has 2 rings (SSSR count). The fourth-order valence-electron chi connectivity index (χ4n) is 2.92. The van der Waals surface area contributed by atoms with Gasteiger partial charge >= 0.3 is 0 Å². The molecule has 0 radical (unpaired) electrons. The number of hydrogen-bond acceptors (Lipinski definition) is 2. The van der Waals surface area contributed by atoms with Crippen molar-refractivity contribution < 1.29 is 4.79 Å². The van der Waals surface area contributed by atoms with Crippen molar-refractivity contribution in [3.05, 3.63) is 34.3 Å². The van der Waals surface area contributed by atoms with Gasteiger partial charge in [-0.3, -0.25) is 4.79 Å². The van der Waals surface area contributed by atoms with Gasteiger partial charge in [0.1, 0.15) is 5.54 Å². The van der Waals surface area contributed by atoms with E-state index in [9.17, 15) is 4.79 Å². The van der Waals surface area contributed by atoms with Gasteiger partial charge in [-0.25, -0.2) is 0 Å². The summed E-state index contributed by atoms with van der Waals surface area (Å²) >= 11 is 3.40. The van der Waals surface area contributed by atoms with Gasteiger partial charge in [0.05, 0.1) is 0 Å². The summed E-state index contributed by atoms with van der Waals surface area (Å²) in [6.07, 6.45) is 5.90. The van der Waals surface area contributed by atoms with E-state index in [1.165, 1.54) is 19.3 Å². The lowest BCUT2D eigenvalue weighted by Crippen LogP contribution is -2.52. The van der Waals surface area contributed by atoms with Crippen molar-refractivity contribution in [1.29, 1.82) is 0 Å². The van der Waals surface area contributed by atoms with Crippen LogP contribution in [0.15, 0.2) is 28.7 Å². The summed E-state index contributed by atoms with van der Waals surface area (Å²) in [4.78, 5) is 14.6. The molecule has 0 heterocycles. The molecule has 0 spiro atoms. The molecule has 1 amide bonds. The number of benzene rings is 1. The molecule has 1 aliphatic carbocycles. The summed E-state index contributed by atoms with van der Waals surface area (Å²) < 4.78 is 0.991. The molecular formula is C16H24BrClN2O. The monoisotopic (exact) mass is 374 g/mol. The van der Waals surface area contributed by atoms with Crippen LogP contribution in [0.4, 0.5) is 0 Å². The zero-order valence-corrected chi connectivity index (χ0v) is 15.0. The number of amides is 1. The van der Waals surface area contributed by atoms with Crippen LogP contribution in [-0.2, 0) is 10.3 Å². The molecule has 0 aliphatic heterocycles. The number of nitrogens with two attached hydrogens (primary N) is 1. The smallest absolute Gasteiger partial charge is 0.246 e. The number of rotatable bonds is 3. The fraction of sp³-hybridized carbons (Fsp3) is 0.562. The molecule has 1 unspecified atom stereocenters. The maximum atomic E-state index is 12.7.